The third kappa shape index (κ3) is 6.41. The molecule has 1 aromatic rings. The maximum atomic E-state index is 12.4. The maximum absolute atomic E-state index is 12.4. The number of nitrogens with one attached hydrogen (secondary N) is 1. The molecule has 1 heterocycles. The molecule has 1 atom stereocenters. The number of likely N-dealkylation sites (N-methyl/N-ethyl adjacent to an activating group) is 1. The third-order valence-electron chi connectivity index (χ3n) is 5.25. The van der Waals surface area contributed by atoms with Crippen LogP contribution in [0, 0.1) is 5.92 Å². The number of para-hydroxylation sites is 1. The van der Waals surface area contributed by atoms with Crippen LogP contribution in [0.1, 0.15) is 26.7 Å². The number of aliphatic carboxylic acids is 1. The Bertz CT molecular complexity index is 903. The molecule has 1 saturated heterocycles. The van der Waals surface area contributed by atoms with Gasteiger partial charge in [-0.2, -0.15) is 0 Å². The average Bonchev–Trinajstić information content (AvgIpc) is 2.85. The summed E-state index contributed by atoms with van der Waals surface area (Å²) in [5.41, 5.74) is -0.972. The fourth-order valence-electron chi connectivity index (χ4n) is 3.15. The smallest absolute Gasteiger partial charge is 0.327 e. The number of nitrogens with zero attached hydrogens (tertiary/aromatic N) is 2. The van der Waals surface area contributed by atoms with Gasteiger partial charge in [0.25, 0.3) is 5.91 Å². The van der Waals surface area contributed by atoms with Crippen molar-refractivity contribution in [3.8, 4) is 5.75 Å². The number of imide groups is 1. The molecule has 0 radical (unpaired) electrons. The molecule has 10 nitrogen and oxygen atoms in total. The molecule has 0 aliphatic carbocycles. The summed E-state index contributed by atoms with van der Waals surface area (Å²) in [6.07, 6.45) is 0.0949. The summed E-state index contributed by atoms with van der Waals surface area (Å²) in [7, 11) is -2.37. The highest BCUT2D eigenvalue weighted by molar-refractivity contribution is 7.89. The normalized spacial score (nSPS) is 17.1. The van der Waals surface area contributed by atoms with Gasteiger partial charge < -0.3 is 19.5 Å². The van der Waals surface area contributed by atoms with Gasteiger partial charge in [-0.15, -0.1) is 0 Å². The Morgan fingerprint density at radius 1 is 1.23 bits per heavy atom. The summed E-state index contributed by atoms with van der Waals surface area (Å²) in [5.74, 6) is -3.21. The van der Waals surface area contributed by atoms with Crippen LogP contribution in [0.5, 0.6) is 5.75 Å². The van der Waals surface area contributed by atoms with E-state index in [2.05, 4.69) is 4.72 Å². The van der Waals surface area contributed by atoms with E-state index >= 15 is 0 Å². The summed E-state index contributed by atoms with van der Waals surface area (Å²) in [5, 5.41) is 11.4. The highest BCUT2D eigenvalue weighted by Crippen LogP contribution is 2.26. The van der Waals surface area contributed by atoms with E-state index < -0.39 is 39.2 Å². The first-order valence-corrected chi connectivity index (χ1v) is 11.6. The quantitative estimate of drug-likeness (QED) is 0.341. The molecule has 2 rings (SSSR count). The molecule has 1 aromatic carbocycles. The number of ether oxygens (including phenoxy) is 1. The SMILES string of the molecule is CN1C(=O)N(CCCC(CS(=O)(=O)NCCOc2ccccc2)C(=O)[O-])C(=O)C1(C)C. The van der Waals surface area contributed by atoms with E-state index in [1.165, 1.54) is 11.9 Å². The van der Waals surface area contributed by atoms with E-state index in [1.54, 1.807) is 38.1 Å². The van der Waals surface area contributed by atoms with Gasteiger partial charge in [-0.3, -0.25) is 9.69 Å². The second-order valence-electron chi connectivity index (χ2n) is 7.85. The van der Waals surface area contributed by atoms with E-state index in [-0.39, 0.29) is 38.4 Å². The second kappa shape index (κ2) is 10.1. The predicted molar refractivity (Wildman–Crippen MR) is 110 cm³/mol. The molecule has 0 spiro atoms. The molecule has 11 heteroatoms. The zero-order chi connectivity index (χ0) is 23.2. The van der Waals surface area contributed by atoms with Crippen molar-refractivity contribution in [3.63, 3.8) is 0 Å². The zero-order valence-electron chi connectivity index (χ0n) is 17.9. The van der Waals surface area contributed by atoms with Crippen LogP contribution < -0.4 is 14.6 Å². The lowest BCUT2D eigenvalue weighted by Crippen LogP contribution is -2.42. The lowest BCUT2D eigenvalue weighted by Gasteiger charge is -2.22. The van der Waals surface area contributed by atoms with Crippen LogP contribution in [0.4, 0.5) is 4.79 Å². The van der Waals surface area contributed by atoms with Crippen LogP contribution in [-0.2, 0) is 19.6 Å². The Morgan fingerprint density at radius 3 is 2.42 bits per heavy atom. The average molecular weight is 455 g/mol. The van der Waals surface area contributed by atoms with Crippen molar-refractivity contribution in [3.05, 3.63) is 30.3 Å². The molecule has 3 amide bonds. The second-order valence-corrected chi connectivity index (χ2v) is 9.70. The lowest BCUT2D eigenvalue weighted by atomic mass is 10.0. The summed E-state index contributed by atoms with van der Waals surface area (Å²) in [6, 6.07) is 8.39. The molecule has 1 aliphatic rings. The number of carboxylic acids is 1. The summed E-state index contributed by atoms with van der Waals surface area (Å²) >= 11 is 0. The summed E-state index contributed by atoms with van der Waals surface area (Å²) < 4.78 is 32.2. The topological polar surface area (TPSA) is 136 Å². The number of urea groups is 1. The van der Waals surface area contributed by atoms with Crippen LogP contribution in [0.2, 0.25) is 0 Å². The molecule has 1 fully saturated rings. The van der Waals surface area contributed by atoms with Gasteiger partial charge in [-0.1, -0.05) is 18.2 Å². The van der Waals surface area contributed by atoms with Crippen LogP contribution in [-0.4, -0.2) is 74.2 Å². The van der Waals surface area contributed by atoms with Gasteiger partial charge in [-0.25, -0.2) is 17.9 Å². The number of benzene rings is 1. The van der Waals surface area contributed by atoms with Gasteiger partial charge in [0.15, 0.2) is 0 Å². The minimum Gasteiger partial charge on any atom is -0.550 e. The molecule has 31 heavy (non-hydrogen) atoms. The Hall–Kier alpha value is -2.66. The van der Waals surface area contributed by atoms with Gasteiger partial charge in [-0.05, 0) is 38.8 Å². The molecule has 1 N–H and O–H groups in total. The number of sulfonamides is 1. The maximum Gasteiger partial charge on any atom is 0.327 e. The fourth-order valence-corrected chi connectivity index (χ4v) is 4.49. The molecule has 1 aliphatic heterocycles. The minimum atomic E-state index is -3.89. The van der Waals surface area contributed by atoms with Crippen molar-refractivity contribution in [1.29, 1.82) is 0 Å². The highest BCUT2D eigenvalue weighted by atomic mass is 32.2. The molecular formula is C20H28N3O7S-. The largest absolute Gasteiger partial charge is 0.550 e. The van der Waals surface area contributed by atoms with Gasteiger partial charge in [0, 0.05) is 32.0 Å². The standard InChI is InChI=1S/C20H29N3O7S/c1-20(2)18(26)23(19(27)22(20)3)12-7-8-15(17(24)25)14-31(28,29)21-11-13-30-16-9-5-4-6-10-16/h4-6,9-10,15,21H,7-8,11-14H2,1-3H3,(H,24,25)/p-1. The van der Waals surface area contributed by atoms with E-state index in [0.717, 1.165) is 4.90 Å². The molecular weight excluding hydrogens is 426 g/mol. The Kier molecular flexibility index (Phi) is 8.02. The molecule has 0 bridgehead atoms. The van der Waals surface area contributed by atoms with Crippen molar-refractivity contribution in [1.82, 2.24) is 14.5 Å². The van der Waals surface area contributed by atoms with Crippen molar-refractivity contribution in [2.45, 2.75) is 32.2 Å². The summed E-state index contributed by atoms with van der Waals surface area (Å²) in [4.78, 5) is 38.3. The van der Waals surface area contributed by atoms with Crippen LogP contribution in [0.25, 0.3) is 0 Å². The summed E-state index contributed by atoms with van der Waals surface area (Å²) in [6.45, 7) is 3.32. The van der Waals surface area contributed by atoms with Gasteiger partial charge in [0.1, 0.15) is 17.9 Å². The number of hydrogen-bond donors (Lipinski definition) is 1. The Morgan fingerprint density at radius 2 is 1.87 bits per heavy atom. The third-order valence-corrected chi connectivity index (χ3v) is 6.73. The van der Waals surface area contributed by atoms with E-state index in [4.69, 9.17) is 4.74 Å². The lowest BCUT2D eigenvalue weighted by molar-refractivity contribution is -0.311. The van der Waals surface area contributed by atoms with Crippen LogP contribution >= 0.6 is 0 Å². The number of hydrogen-bond acceptors (Lipinski definition) is 7. The first-order chi connectivity index (χ1) is 14.5. The number of amides is 3. The zero-order valence-corrected chi connectivity index (χ0v) is 18.7. The molecule has 0 saturated carbocycles. The van der Waals surface area contributed by atoms with Crippen molar-refractivity contribution in [2.75, 3.05) is 32.5 Å². The van der Waals surface area contributed by atoms with E-state index in [9.17, 15) is 27.9 Å². The highest BCUT2D eigenvalue weighted by Gasteiger charge is 2.48. The van der Waals surface area contributed by atoms with Crippen LogP contribution in [0.3, 0.4) is 0 Å². The fraction of sp³-hybridized carbons (Fsp3) is 0.550. The molecule has 172 valence electrons. The Balaban J connectivity index is 1.81. The van der Waals surface area contributed by atoms with Gasteiger partial charge in [0.2, 0.25) is 10.0 Å². The number of rotatable bonds is 12. The van der Waals surface area contributed by atoms with Crippen molar-refractivity contribution < 1.29 is 32.6 Å². The first kappa shape index (κ1) is 24.6. The number of carboxylic acid groups (broad SMARTS) is 1. The van der Waals surface area contributed by atoms with E-state index in [1.807, 2.05) is 6.07 Å². The predicted octanol–water partition coefficient (Wildman–Crippen LogP) is -0.196. The molecule has 0 aromatic heterocycles. The number of carbonyl (C=O) groups excluding carboxylic acids is 3. The van der Waals surface area contributed by atoms with Crippen molar-refractivity contribution >= 4 is 27.9 Å². The van der Waals surface area contributed by atoms with E-state index in [0.29, 0.717) is 5.75 Å². The Labute approximate surface area is 182 Å². The molecule has 1 unspecified atom stereocenters. The number of carbonyl (C=O) groups is 3. The van der Waals surface area contributed by atoms with Gasteiger partial charge in [0.05, 0.1) is 5.75 Å². The minimum absolute atomic E-state index is 0.00755. The first-order valence-electron chi connectivity index (χ1n) is 9.91. The van der Waals surface area contributed by atoms with Gasteiger partial charge >= 0.3 is 6.03 Å². The van der Waals surface area contributed by atoms with Crippen molar-refractivity contribution in [2.24, 2.45) is 5.92 Å². The monoisotopic (exact) mass is 454 g/mol. The van der Waals surface area contributed by atoms with Crippen LogP contribution in [0.15, 0.2) is 30.3 Å².